The molecule has 0 saturated heterocycles. The third kappa shape index (κ3) is 8.84. The average molecular weight is 351 g/mol. The number of benzene rings is 1. The van der Waals surface area contributed by atoms with Crippen molar-refractivity contribution in [2.75, 3.05) is 0 Å². The zero-order valence-corrected chi connectivity index (χ0v) is 13.7. The number of hydrogen-bond donors (Lipinski definition) is 1. The topological polar surface area (TPSA) is 37.3 Å². The minimum atomic E-state index is -4.04. The largest absolute Gasteiger partial charge is 0.478 e. The lowest BCUT2D eigenvalue weighted by Gasteiger charge is -2.07. The molecule has 1 aromatic rings. The van der Waals surface area contributed by atoms with Gasteiger partial charge in [0.25, 0.3) is 0 Å². The maximum atomic E-state index is 12.0. The lowest BCUT2D eigenvalue weighted by Crippen LogP contribution is -2.06. The zero-order chi connectivity index (χ0) is 17.3. The first-order valence-corrected chi connectivity index (χ1v) is 8.26. The molecule has 0 aromatic heterocycles. The number of aromatic carboxylic acids is 1. The standard InChI is InChI=1S/C17H22ClF3O2/c18-15-10-9-14(16(22)23)12-13(15)8-6-4-2-1-3-5-7-11-17(19,20)21/h9-10,12H,1-8,11H2,(H,22,23). The molecule has 1 rings (SSSR count). The zero-order valence-electron chi connectivity index (χ0n) is 13.0. The molecule has 2 nitrogen and oxygen atoms in total. The maximum Gasteiger partial charge on any atom is 0.389 e. The number of aryl methyl sites for hydroxylation is 1. The summed E-state index contributed by atoms with van der Waals surface area (Å²) in [6, 6.07) is 4.68. The molecule has 0 amide bonds. The molecule has 0 aliphatic heterocycles. The van der Waals surface area contributed by atoms with Gasteiger partial charge >= 0.3 is 12.1 Å². The number of carboxylic acids is 1. The molecule has 0 bridgehead atoms. The van der Waals surface area contributed by atoms with Crippen molar-refractivity contribution < 1.29 is 23.1 Å². The molecule has 0 fully saturated rings. The van der Waals surface area contributed by atoms with Crippen LogP contribution in [-0.2, 0) is 6.42 Å². The van der Waals surface area contributed by atoms with Gasteiger partial charge in [0.2, 0.25) is 0 Å². The summed E-state index contributed by atoms with van der Waals surface area (Å²) in [5, 5.41) is 9.52. The molecule has 0 atom stereocenters. The van der Waals surface area contributed by atoms with E-state index < -0.39 is 18.6 Å². The van der Waals surface area contributed by atoms with Crippen LogP contribution >= 0.6 is 11.6 Å². The first kappa shape index (κ1) is 19.8. The predicted molar refractivity (Wildman–Crippen MR) is 85.1 cm³/mol. The van der Waals surface area contributed by atoms with Crippen LogP contribution in [0.3, 0.4) is 0 Å². The lowest BCUT2D eigenvalue weighted by molar-refractivity contribution is -0.135. The Hall–Kier alpha value is -1.23. The highest BCUT2D eigenvalue weighted by Gasteiger charge is 2.25. The maximum absolute atomic E-state index is 12.0. The Kier molecular flexibility index (Phi) is 8.45. The van der Waals surface area contributed by atoms with Crippen molar-refractivity contribution in [2.24, 2.45) is 0 Å². The second kappa shape index (κ2) is 9.81. The lowest BCUT2D eigenvalue weighted by atomic mass is 10.0. The fourth-order valence-corrected chi connectivity index (χ4v) is 2.64. The molecule has 1 N–H and O–H groups in total. The van der Waals surface area contributed by atoms with Crippen LogP contribution in [-0.4, -0.2) is 17.3 Å². The van der Waals surface area contributed by atoms with Crippen molar-refractivity contribution >= 4 is 17.6 Å². The Morgan fingerprint density at radius 3 is 2.13 bits per heavy atom. The van der Waals surface area contributed by atoms with Crippen LogP contribution in [0.4, 0.5) is 13.2 Å². The average Bonchev–Trinajstić information content (AvgIpc) is 2.45. The quantitative estimate of drug-likeness (QED) is 0.505. The van der Waals surface area contributed by atoms with Crippen molar-refractivity contribution in [2.45, 2.75) is 64.0 Å². The fraction of sp³-hybridized carbons (Fsp3) is 0.588. The summed E-state index contributed by atoms with van der Waals surface area (Å²) in [5.74, 6) is -0.971. The second-order valence-corrected chi connectivity index (χ2v) is 6.11. The number of unbranched alkanes of at least 4 members (excludes halogenated alkanes) is 6. The van der Waals surface area contributed by atoms with E-state index in [1.165, 1.54) is 6.07 Å². The van der Waals surface area contributed by atoms with Gasteiger partial charge in [-0.05, 0) is 43.0 Å². The molecular formula is C17H22ClF3O2. The Balaban J connectivity index is 2.14. The first-order valence-electron chi connectivity index (χ1n) is 7.88. The molecule has 1 aromatic carbocycles. The van der Waals surface area contributed by atoms with Gasteiger partial charge in [0.15, 0.2) is 0 Å². The minimum absolute atomic E-state index is 0.209. The van der Waals surface area contributed by atoms with Gasteiger partial charge in [-0.3, -0.25) is 0 Å². The van der Waals surface area contributed by atoms with Crippen LogP contribution in [0.15, 0.2) is 18.2 Å². The Morgan fingerprint density at radius 1 is 1.00 bits per heavy atom. The van der Waals surface area contributed by atoms with Crippen LogP contribution < -0.4 is 0 Å². The Labute approximate surface area is 139 Å². The van der Waals surface area contributed by atoms with E-state index in [1.54, 1.807) is 12.1 Å². The molecule has 0 radical (unpaired) electrons. The monoisotopic (exact) mass is 350 g/mol. The third-order valence-electron chi connectivity index (χ3n) is 3.70. The molecule has 0 aliphatic rings. The van der Waals surface area contributed by atoms with Crippen LogP contribution in [0, 0.1) is 0 Å². The number of rotatable bonds is 10. The summed E-state index contributed by atoms with van der Waals surface area (Å²) in [7, 11) is 0. The minimum Gasteiger partial charge on any atom is -0.478 e. The van der Waals surface area contributed by atoms with E-state index in [9.17, 15) is 18.0 Å². The van der Waals surface area contributed by atoms with Crippen molar-refractivity contribution in [3.05, 3.63) is 34.3 Å². The van der Waals surface area contributed by atoms with E-state index in [-0.39, 0.29) is 12.0 Å². The molecule has 130 valence electrons. The molecule has 0 aliphatic carbocycles. The van der Waals surface area contributed by atoms with Crippen molar-refractivity contribution in [3.63, 3.8) is 0 Å². The number of carboxylic acid groups (broad SMARTS) is 1. The molecule has 6 heteroatoms. The highest BCUT2D eigenvalue weighted by Crippen LogP contribution is 2.23. The number of halogens is 4. The summed E-state index contributed by atoms with van der Waals surface area (Å²) in [4.78, 5) is 10.9. The summed E-state index contributed by atoms with van der Waals surface area (Å²) >= 11 is 6.05. The normalized spacial score (nSPS) is 11.7. The van der Waals surface area contributed by atoms with Crippen LogP contribution in [0.2, 0.25) is 5.02 Å². The van der Waals surface area contributed by atoms with E-state index >= 15 is 0 Å². The second-order valence-electron chi connectivity index (χ2n) is 5.70. The molecule has 0 saturated carbocycles. The van der Waals surface area contributed by atoms with Crippen molar-refractivity contribution in [1.29, 1.82) is 0 Å². The van der Waals surface area contributed by atoms with E-state index in [4.69, 9.17) is 16.7 Å². The van der Waals surface area contributed by atoms with E-state index in [2.05, 4.69) is 0 Å². The van der Waals surface area contributed by atoms with Gasteiger partial charge in [0, 0.05) is 11.4 Å². The highest BCUT2D eigenvalue weighted by atomic mass is 35.5. The van der Waals surface area contributed by atoms with Crippen molar-refractivity contribution in [3.8, 4) is 0 Å². The van der Waals surface area contributed by atoms with Gasteiger partial charge in [0.05, 0.1) is 5.56 Å². The summed E-state index contributed by atoms with van der Waals surface area (Å²) in [6.07, 6.45) is 1.41. The van der Waals surface area contributed by atoms with Crippen molar-refractivity contribution in [1.82, 2.24) is 0 Å². The van der Waals surface area contributed by atoms with Gasteiger partial charge in [0.1, 0.15) is 0 Å². The van der Waals surface area contributed by atoms with Crippen LogP contribution in [0.25, 0.3) is 0 Å². The summed E-state index contributed by atoms with van der Waals surface area (Å²) < 4.78 is 35.9. The number of carbonyl (C=O) groups is 1. The van der Waals surface area contributed by atoms with Gasteiger partial charge in [-0.2, -0.15) is 13.2 Å². The summed E-state index contributed by atoms with van der Waals surface area (Å²) in [5.41, 5.74) is 1.06. The smallest absolute Gasteiger partial charge is 0.389 e. The molecule has 23 heavy (non-hydrogen) atoms. The van der Waals surface area contributed by atoms with Gasteiger partial charge in [-0.15, -0.1) is 0 Å². The Bertz CT molecular complexity index is 501. The van der Waals surface area contributed by atoms with Gasteiger partial charge in [-0.1, -0.05) is 43.7 Å². The SMILES string of the molecule is O=C(O)c1ccc(Cl)c(CCCCCCCCCC(F)(F)F)c1. The predicted octanol–water partition coefficient (Wildman–Crippen LogP) is 6.26. The summed E-state index contributed by atoms with van der Waals surface area (Å²) in [6.45, 7) is 0. The van der Waals surface area contributed by atoms with Crippen LogP contribution in [0.5, 0.6) is 0 Å². The molecular weight excluding hydrogens is 329 g/mol. The number of alkyl halides is 3. The first-order chi connectivity index (χ1) is 10.8. The number of hydrogen-bond acceptors (Lipinski definition) is 1. The third-order valence-corrected chi connectivity index (χ3v) is 4.07. The van der Waals surface area contributed by atoms with Gasteiger partial charge in [-0.25, -0.2) is 4.79 Å². The fourth-order valence-electron chi connectivity index (χ4n) is 2.42. The molecule has 0 unspecified atom stereocenters. The highest BCUT2D eigenvalue weighted by molar-refractivity contribution is 6.31. The Morgan fingerprint density at radius 2 is 1.57 bits per heavy atom. The van der Waals surface area contributed by atoms with E-state index in [0.29, 0.717) is 17.9 Å². The van der Waals surface area contributed by atoms with E-state index in [0.717, 1.165) is 37.7 Å². The van der Waals surface area contributed by atoms with Gasteiger partial charge < -0.3 is 5.11 Å². The van der Waals surface area contributed by atoms with Crippen LogP contribution in [0.1, 0.15) is 67.3 Å². The van der Waals surface area contributed by atoms with E-state index in [1.807, 2.05) is 0 Å². The molecule has 0 spiro atoms. The molecule has 0 heterocycles.